The Morgan fingerprint density at radius 1 is 0.917 bits per heavy atom. The van der Waals surface area contributed by atoms with E-state index in [-0.39, 0.29) is 0 Å². The van der Waals surface area contributed by atoms with Gasteiger partial charge in [0.15, 0.2) is 0 Å². The number of ether oxygens (including phenoxy) is 1. The summed E-state index contributed by atoms with van der Waals surface area (Å²) >= 11 is 0. The summed E-state index contributed by atoms with van der Waals surface area (Å²) in [5.41, 5.74) is 0. The molecule has 2 atom stereocenters. The summed E-state index contributed by atoms with van der Waals surface area (Å²) in [6.07, 6.45) is 22.5. The first kappa shape index (κ1) is 19.9. The number of allylic oxidation sites excluding steroid dienone is 2. The Morgan fingerprint density at radius 2 is 1.54 bits per heavy atom. The second-order valence-electron chi connectivity index (χ2n) is 8.61. The largest absolute Gasteiger partial charge is 0.495 e. The molecular weight excluding hydrogens is 292 g/mol. The van der Waals surface area contributed by atoms with Crippen molar-refractivity contribution in [3.05, 3.63) is 11.8 Å². The molecule has 0 aromatic carbocycles. The van der Waals surface area contributed by atoms with E-state index in [9.17, 15) is 0 Å². The average molecular weight is 335 g/mol. The van der Waals surface area contributed by atoms with Gasteiger partial charge in [0.1, 0.15) is 0 Å². The normalized spacial score (nSPS) is 29.1. The van der Waals surface area contributed by atoms with Gasteiger partial charge < -0.3 is 4.74 Å². The van der Waals surface area contributed by atoms with Gasteiger partial charge in [-0.25, -0.2) is 0 Å². The first-order valence-electron chi connectivity index (χ1n) is 11.1. The Morgan fingerprint density at radius 3 is 2.08 bits per heavy atom. The monoisotopic (exact) mass is 334 g/mol. The Labute approximate surface area is 151 Å². The molecule has 0 aromatic rings. The fourth-order valence-electron chi connectivity index (χ4n) is 4.57. The first-order valence-corrected chi connectivity index (χ1v) is 11.1. The van der Waals surface area contributed by atoms with Crippen molar-refractivity contribution in [2.75, 3.05) is 0 Å². The average Bonchev–Trinajstić information content (AvgIpc) is 2.62. The van der Waals surface area contributed by atoms with Crippen LogP contribution >= 0.6 is 0 Å². The zero-order valence-corrected chi connectivity index (χ0v) is 16.7. The van der Waals surface area contributed by atoms with Gasteiger partial charge in [0.2, 0.25) is 0 Å². The predicted octanol–water partition coefficient (Wildman–Crippen LogP) is 7.65. The summed E-state index contributed by atoms with van der Waals surface area (Å²) in [5.74, 6) is 4.31. The van der Waals surface area contributed by atoms with Crippen molar-refractivity contribution in [2.45, 2.75) is 117 Å². The molecule has 140 valence electrons. The lowest BCUT2D eigenvalue weighted by atomic mass is 9.77. The highest BCUT2D eigenvalue weighted by Gasteiger charge is 2.21. The number of hydrogen-bond acceptors (Lipinski definition) is 1. The third kappa shape index (κ3) is 7.19. The molecule has 0 aromatic heterocycles. The van der Waals surface area contributed by atoms with Gasteiger partial charge in [-0.2, -0.15) is 0 Å². The van der Waals surface area contributed by atoms with E-state index < -0.39 is 0 Å². The molecule has 0 saturated heterocycles. The highest BCUT2D eigenvalue weighted by Crippen LogP contribution is 2.35. The molecule has 1 saturated carbocycles. The number of rotatable bonds is 10. The van der Waals surface area contributed by atoms with Gasteiger partial charge >= 0.3 is 0 Å². The maximum atomic E-state index is 5.99. The van der Waals surface area contributed by atoms with Gasteiger partial charge in [-0.1, -0.05) is 78.1 Å². The van der Waals surface area contributed by atoms with Crippen molar-refractivity contribution in [2.24, 2.45) is 17.8 Å². The molecule has 2 unspecified atom stereocenters. The van der Waals surface area contributed by atoms with E-state index in [2.05, 4.69) is 26.8 Å². The van der Waals surface area contributed by atoms with Crippen LogP contribution in [0.25, 0.3) is 0 Å². The summed E-state index contributed by atoms with van der Waals surface area (Å²) < 4.78 is 5.99. The van der Waals surface area contributed by atoms with Crippen LogP contribution in [-0.4, -0.2) is 6.10 Å². The van der Waals surface area contributed by atoms with Crippen LogP contribution in [0.1, 0.15) is 111 Å². The molecule has 0 heterocycles. The molecular formula is C23H42O. The lowest BCUT2D eigenvalue weighted by Gasteiger charge is -2.29. The highest BCUT2D eigenvalue weighted by atomic mass is 16.5. The molecule has 2 aliphatic carbocycles. The lowest BCUT2D eigenvalue weighted by molar-refractivity contribution is 0.112. The molecule has 0 amide bonds. The van der Waals surface area contributed by atoms with E-state index in [1.165, 1.54) is 89.2 Å². The quantitative estimate of drug-likeness (QED) is 0.398. The molecule has 2 aliphatic rings. The van der Waals surface area contributed by atoms with Gasteiger partial charge in [0, 0.05) is 6.42 Å². The van der Waals surface area contributed by atoms with Crippen LogP contribution in [0.5, 0.6) is 0 Å². The molecule has 0 radical (unpaired) electrons. The SMILES string of the molecule is CCCCC1CCC(CCCC2CC=C(OC(C)CC)CC2)CC1. The van der Waals surface area contributed by atoms with E-state index in [0.29, 0.717) is 6.10 Å². The highest BCUT2D eigenvalue weighted by molar-refractivity contribution is 4.99. The van der Waals surface area contributed by atoms with E-state index in [1.807, 2.05) is 0 Å². The van der Waals surface area contributed by atoms with Crippen LogP contribution in [0.15, 0.2) is 11.8 Å². The maximum Gasteiger partial charge on any atom is 0.0951 e. The van der Waals surface area contributed by atoms with Crippen LogP contribution in [0.2, 0.25) is 0 Å². The molecule has 1 fully saturated rings. The Kier molecular flexibility index (Phi) is 9.28. The minimum absolute atomic E-state index is 0.389. The van der Waals surface area contributed by atoms with Gasteiger partial charge in [-0.3, -0.25) is 0 Å². The summed E-state index contributed by atoms with van der Waals surface area (Å²) in [5, 5.41) is 0. The van der Waals surface area contributed by atoms with Crippen molar-refractivity contribution in [3.63, 3.8) is 0 Å². The third-order valence-corrected chi connectivity index (χ3v) is 6.56. The number of unbranched alkanes of at least 4 members (excludes halogenated alkanes) is 1. The van der Waals surface area contributed by atoms with Crippen molar-refractivity contribution < 1.29 is 4.74 Å². The van der Waals surface area contributed by atoms with Gasteiger partial charge in [0.05, 0.1) is 11.9 Å². The van der Waals surface area contributed by atoms with Gasteiger partial charge in [0.25, 0.3) is 0 Å². The van der Waals surface area contributed by atoms with Crippen molar-refractivity contribution in [1.82, 2.24) is 0 Å². The smallest absolute Gasteiger partial charge is 0.0951 e. The standard InChI is InChI=1S/C23H42O/c1-4-6-8-20-11-13-21(14-12-20)9-7-10-22-15-17-23(18-16-22)24-19(3)5-2/h17,19-22H,4-16,18H2,1-3H3. The molecule has 0 aliphatic heterocycles. The minimum atomic E-state index is 0.389. The first-order chi connectivity index (χ1) is 11.7. The summed E-state index contributed by atoms with van der Waals surface area (Å²) in [6, 6.07) is 0. The molecule has 24 heavy (non-hydrogen) atoms. The fourth-order valence-corrected chi connectivity index (χ4v) is 4.57. The fraction of sp³-hybridized carbons (Fsp3) is 0.913. The topological polar surface area (TPSA) is 9.23 Å². The van der Waals surface area contributed by atoms with Crippen molar-refractivity contribution in [3.8, 4) is 0 Å². The van der Waals surface area contributed by atoms with Crippen LogP contribution in [0, 0.1) is 17.8 Å². The summed E-state index contributed by atoms with van der Waals surface area (Å²) in [4.78, 5) is 0. The van der Waals surface area contributed by atoms with Crippen molar-refractivity contribution >= 4 is 0 Å². The van der Waals surface area contributed by atoms with E-state index in [1.54, 1.807) is 0 Å². The lowest BCUT2D eigenvalue weighted by Crippen LogP contribution is -2.15. The Balaban J connectivity index is 1.54. The van der Waals surface area contributed by atoms with Crippen LogP contribution < -0.4 is 0 Å². The molecule has 0 N–H and O–H groups in total. The molecule has 2 rings (SSSR count). The second-order valence-corrected chi connectivity index (χ2v) is 8.61. The zero-order valence-electron chi connectivity index (χ0n) is 16.7. The van der Waals surface area contributed by atoms with Crippen molar-refractivity contribution in [1.29, 1.82) is 0 Å². The minimum Gasteiger partial charge on any atom is -0.495 e. The zero-order chi connectivity index (χ0) is 17.2. The van der Waals surface area contributed by atoms with Gasteiger partial charge in [-0.05, 0) is 50.0 Å². The van der Waals surface area contributed by atoms with Gasteiger partial charge in [-0.15, -0.1) is 0 Å². The molecule has 1 heteroatoms. The van der Waals surface area contributed by atoms with E-state index >= 15 is 0 Å². The van der Waals surface area contributed by atoms with E-state index in [4.69, 9.17) is 4.74 Å². The third-order valence-electron chi connectivity index (χ3n) is 6.56. The Bertz CT molecular complexity index is 351. The van der Waals surface area contributed by atoms with Crippen LogP contribution in [0.4, 0.5) is 0 Å². The van der Waals surface area contributed by atoms with Crippen LogP contribution in [0.3, 0.4) is 0 Å². The predicted molar refractivity (Wildman–Crippen MR) is 105 cm³/mol. The second kappa shape index (κ2) is 11.2. The van der Waals surface area contributed by atoms with E-state index in [0.717, 1.165) is 24.2 Å². The number of hydrogen-bond donors (Lipinski definition) is 0. The molecule has 0 bridgehead atoms. The van der Waals surface area contributed by atoms with Crippen LogP contribution in [-0.2, 0) is 4.74 Å². The summed E-state index contributed by atoms with van der Waals surface area (Å²) in [7, 11) is 0. The maximum absolute atomic E-state index is 5.99. The molecule has 1 nitrogen and oxygen atoms in total. The molecule has 0 spiro atoms. The Hall–Kier alpha value is -0.460. The summed E-state index contributed by atoms with van der Waals surface area (Å²) in [6.45, 7) is 6.71.